The minimum absolute atomic E-state index is 0.246. The first-order valence-electron chi connectivity index (χ1n) is 7.93. The van der Waals surface area contributed by atoms with Crippen LogP contribution in [0.3, 0.4) is 0 Å². The Hall–Kier alpha value is -2.86. The average molecular weight is 356 g/mol. The SMILES string of the molecule is O=C(NCCc1cccc(Cl)c1)NCc1nncn1-c1ccccc1. The lowest BCUT2D eigenvalue weighted by molar-refractivity contribution is 0.240. The van der Waals surface area contributed by atoms with Crippen molar-refractivity contribution in [1.29, 1.82) is 0 Å². The van der Waals surface area contributed by atoms with E-state index in [9.17, 15) is 4.79 Å². The first-order chi connectivity index (χ1) is 12.2. The smallest absolute Gasteiger partial charge is 0.315 e. The molecule has 7 heteroatoms. The number of hydrogen-bond acceptors (Lipinski definition) is 3. The van der Waals surface area contributed by atoms with Crippen molar-refractivity contribution >= 4 is 17.6 Å². The summed E-state index contributed by atoms with van der Waals surface area (Å²) in [5, 5.41) is 14.3. The second-order valence-corrected chi connectivity index (χ2v) is 5.88. The zero-order valence-electron chi connectivity index (χ0n) is 13.5. The van der Waals surface area contributed by atoms with Crippen LogP contribution >= 0.6 is 11.6 Å². The summed E-state index contributed by atoms with van der Waals surface area (Å²) in [4.78, 5) is 11.9. The fourth-order valence-electron chi connectivity index (χ4n) is 2.42. The van der Waals surface area contributed by atoms with E-state index in [-0.39, 0.29) is 12.6 Å². The quantitative estimate of drug-likeness (QED) is 0.714. The van der Waals surface area contributed by atoms with Gasteiger partial charge in [-0.1, -0.05) is 41.9 Å². The van der Waals surface area contributed by atoms with Crippen LogP contribution in [0.25, 0.3) is 5.69 Å². The van der Waals surface area contributed by atoms with Crippen molar-refractivity contribution in [1.82, 2.24) is 25.4 Å². The van der Waals surface area contributed by atoms with Crippen LogP contribution in [0.5, 0.6) is 0 Å². The van der Waals surface area contributed by atoms with E-state index in [0.29, 0.717) is 23.8 Å². The highest BCUT2D eigenvalue weighted by Gasteiger charge is 2.08. The number of para-hydroxylation sites is 1. The van der Waals surface area contributed by atoms with Crippen molar-refractivity contribution in [3.05, 3.63) is 77.3 Å². The van der Waals surface area contributed by atoms with Gasteiger partial charge in [0.1, 0.15) is 6.33 Å². The lowest BCUT2D eigenvalue weighted by Crippen LogP contribution is -2.36. The van der Waals surface area contributed by atoms with Gasteiger partial charge in [-0.2, -0.15) is 0 Å². The molecule has 0 unspecified atom stereocenters. The highest BCUT2D eigenvalue weighted by Crippen LogP contribution is 2.11. The fourth-order valence-corrected chi connectivity index (χ4v) is 2.63. The minimum atomic E-state index is -0.246. The molecule has 6 nitrogen and oxygen atoms in total. The van der Waals surface area contributed by atoms with Gasteiger partial charge in [0, 0.05) is 17.3 Å². The van der Waals surface area contributed by atoms with Crippen LogP contribution in [0.4, 0.5) is 4.79 Å². The summed E-state index contributed by atoms with van der Waals surface area (Å²) in [6.45, 7) is 0.815. The number of carbonyl (C=O) groups excluding carboxylic acids is 1. The molecular weight excluding hydrogens is 338 g/mol. The fraction of sp³-hybridized carbons (Fsp3) is 0.167. The molecule has 3 aromatic rings. The molecular formula is C18H18ClN5O. The molecule has 1 heterocycles. The molecule has 0 spiro atoms. The molecule has 0 radical (unpaired) electrons. The summed E-state index contributed by atoms with van der Waals surface area (Å²) in [6, 6.07) is 17.1. The van der Waals surface area contributed by atoms with Gasteiger partial charge in [-0.3, -0.25) is 4.57 Å². The third-order valence-corrected chi connectivity index (χ3v) is 3.88. The van der Waals surface area contributed by atoms with Gasteiger partial charge in [0.2, 0.25) is 0 Å². The van der Waals surface area contributed by atoms with E-state index in [0.717, 1.165) is 11.3 Å². The van der Waals surface area contributed by atoms with Gasteiger partial charge in [-0.15, -0.1) is 10.2 Å². The van der Waals surface area contributed by atoms with E-state index in [1.807, 2.05) is 59.2 Å². The van der Waals surface area contributed by atoms with Crippen LogP contribution in [0.1, 0.15) is 11.4 Å². The Kier molecular flexibility index (Phi) is 5.64. The second kappa shape index (κ2) is 8.30. The summed E-state index contributed by atoms with van der Waals surface area (Å²) in [7, 11) is 0. The Morgan fingerprint density at radius 2 is 1.92 bits per heavy atom. The van der Waals surface area contributed by atoms with Crippen molar-refractivity contribution in [2.24, 2.45) is 0 Å². The van der Waals surface area contributed by atoms with Crippen molar-refractivity contribution in [3.8, 4) is 5.69 Å². The molecule has 2 aromatic carbocycles. The van der Waals surface area contributed by atoms with Gasteiger partial charge in [0.05, 0.1) is 6.54 Å². The van der Waals surface area contributed by atoms with Crippen LogP contribution in [-0.2, 0) is 13.0 Å². The molecule has 0 aliphatic rings. The van der Waals surface area contributed by atoms with Gasteiger partial charge in [-0.05, 0) is 36.2 Å². The number of nitrogens with zero attached hydrogens (tertiary/aromatic N) is 3. The molecule has 128 valence electrons. The van der Waals surface area contributed by atoms with E-state index < -0.39 is 0 Å². The van der Waals surface area contributed by atoms with Crippen LogP contribution in [0.15, 0.2) is 60.9 Å². The second-order valence-electron chi connectivity index (χ2n) is 5.44. The van der Waals surface area contributed by atoms with Crippen LogP contribution < -0.4 is 10.6 Å². The lowest BCUT2D eigenvalue weighted by Gasteiger charge is -2.09. The van der Waals surface area contributed by atoms with Crippen molar-refractivity contribution in [3.63, 3.8) is 0 Å². The van der Waals surface area contributed by atoms with E-state index in [1.54, 1.807) is 6.33 Å². The largest absolute Gasteiger partial charge is 0.338 e. The standard InChI is InChI=1S/C18H18ClN5O/c19-15-6-4-5-14(11-15)9-10-20-18(25)21-12-17-23-22-13-24(17)16-7-2-1-3-8-16/h1-8,11,13H,9-10,12H2,(H2,20,21,25). The maximum Gasteiger partial charge on any atom is 0.315 e. The predicted octanol–water partition coefficient (Wildman–Crippen LogP) is 2.96. The van der Waals surface area contributed by atoms with E-state index >= 15 is 0 Å². The third-order valence-electron chi connectivity index (χ3n) is 3.65. The van der Waals surface area contributed by atoms with Gasteiger partial charge >= 0.3 is 6.03 Å². The first-order valence-corrected chi connectivity index (χ1v) is 8.30. The molecule has 2 amide bonds. The molecule has 3 rings (SSSR count). The maximum absolute atomic E-state index is 11.9. The monoisotopic (exact) mass is 355 g/mol. The van der Waals surface area contributed by atoms with Crippen molar-refractivity contribution in [2.75, 3.05) is 6.54 Å². The number of nitrogens with one attached hydrogen (secondary N) is 2. The lowest BCUT2D eigenvalue weighted by atomic mass is 10.1. The summed E-state index contributed by atoms with van der Waals surface area (Å²) >= 11 is 5.94. The third kappa shape index (κ3) is 4.81. The Labute approximate surface area is 150 Å². The van der Waals surface area contributed by atoms with E-state index in [2.05, 4.69) is 20.8 Å². The summed E-state index contributed by atoms with van der Waals surface area (Å²) in [5.74, 6) is 0.663. The molecule has 25 heavy (non-hydrogen) atoms. The van der Waals surface area contributed by atoms with E-state index in [1.165, 1.54) is 0 Å². The number of rotatable bonds is 6. The number of amides is 2. The van der Waals surface area contributed by atoms with Crippen LogP contribution in [0, 0.1) is 0 Å². The normalized spacial score (nSPS) is 10.4. The number of halogens is 1. The summed E-state index contributed by atoms with van der Waals surface area (Å²) in [6.07, 6.45) is 2.34. The van der Waals surface area contributed by atoms with Gasteiger partial charge < -0.3 is 10.6 Å². The number of hydrogen-bond donors (Lipinski definition) is 2. The summed E-state index contributed by atoms with van der Waals surface area (Å²) in [5.41, 5.74) is 2.03. The zero-order valence-corrected chi connectivity index (χ0v) is 14.3. The number of benzene rings is 2. The Morgan fingerprint density at radius 3 is 2.72 bits per heavy atom. The zero-order chi connectivity index (χ0) is 17.5. The predicted molar refractivity (Wildman–Crippen MR) is 96.8 cm³/mol. The Morgan fingerprint density at radius 1 is 1.08 bits per heavy atom. The van der Waals surface area contributed by atoms with Crippen LogP contribution in [0.2, 0.25) is 5.02 Å². The molecule has 0 aliphatic heterocycles. The Balaban J connectivity index is 1.48. The van der Waals surface area contributed by atoms with Gasteiger partial charge in [-0.25, -0.2) is 4.79 Å². The first kappa shape index (κ1) is 17.0. The van der Waals surface area contributed by atoms with Gasteiger partial charge in [0.25, 0.3) is 0 Å². The number of aromatic nitrogens is 3. The van der Waals surface area contributed by atoms with E-state index in [4.69, 9.17) is 11.6 Å². The minimum Gasteiger partial charge on any atom is -0.338 e. The molecule has 1 aromatic heterocycles. The topological polar surface area (TPSA) is 71.8 Å². The van der Waals surface area contributed by atoms with Crippen molar-refractivity contribution < 1.29 is 4.79 Å². The van der Waals surface area contributed by atoms with Crippen molar-refractivity contribution in [2.45, 2.75) is 13.0 Å². The Bertz CT molecular complexity index is 834. The molecule has 2 N–H and O–H groups in total. The highest BCUT2D eigenvalue weighted by atomic mass is 35.5. The molecule has 0 fully saturated rings. The molecule has 0 bridgehead atoms. The highest BCUT2D eigenvalue weighted by molar-refractivity contribution is 6.30. The molecule has 0 atom stereocenters. The summed E-state index contributed by atoms with van der Waals surface area (Å²) < 4.78 is 1.84. The van der Waals surface area contributed by atoms with Crippen LogP contribution in [-0.4, -0.2) is 27.3 Å². The molecule has 0 saturated carbocycles. The molecule has 0 saturated heterocycles. The average Bonchev–Trinajstić information content (AvgIpc) is 3.09. The number of carbonyl (C=O) groups is 1. The maximum atomic E-state index is 11.9. The molecule has 0 aliphatic carbocycles. The van der Waals surface area contributed by atoms with Gasteiger partial charge in [0.15, 0.2) is 5.82 Å². The number of urea groups is 1.